The first kappa shape index (κ1) is 17.5. The molecule has 1 aromatic rings. The molecule has 1 aromatic carbocycles. The van der Waals surface area contributed by atoms with Crippen molar-refractivity contribution in [3.63, 3.8) is 0 Å². The van der Waals surface area contributed by atoms with E-state index in [1.165, 1.54) is 18.4 Å². The molecule has 25 heavy (non-hydrogen) atoms. The zero-order valence-electron chi connectivity index (χ0n) is 14.8. The number of amides is 2. The zero-order chi connectivity index (χ0) is 17.6. The summed E-state index contributed by atoms with van der Waals surface area (Å²) in [5.41, 5.74) is 2.24. The third kappa shape index (κ3) is 4.41. The molecule has 1 aliphatic carbocycles. The normalized spacial score (nSPS) is 20.4. The van der Waals surface area contributed by atoms with Gasteiger partial charge in [0.05, 0.1) is 13.0 Å². The van der Waals surface area contributed by atoms with Crippen LogP contribution in [-0.4, -0.2) is 32.0 Å². The minimum absolute atomic E-state index is 0.0107. The Morgan fingerprint density at radius 1 is 1.36 bits per heavy atom. The molecule has 0 saturated carbocycles. The summed E-state index contributed by atoms with van der Waals surface area (Å²) in [6.07, 6.45) is 8.35. The van der Waals surface area contributed by atoms with Gasteiger partial charge in [0, 0.05) is 31.3 Å². The Morgan fingerprint density at radius 2 is 2.24 bits per heavy atom. The molecule has 5 nitrogen and oxygen atoms in total. The fourth-order valence-electron chi connectivity index (χ4n) is 3.53. The fourth-order valence-corrected chi connectivity index (χ4v) is 3.53. The van der Waals surface area contributed by atoms with Crippen molar-refractivity contribution >= 4 is 17.5 Å². The van der Waals surface area contributed by atoms with Gasteiger partial charge in [0.25, 0.3) is 0 Å². The number of ether oxygens (including phenoxy) is 1. The van der Waals surface area contributed by atoms with Crippen LogP contribution in [0.25, 0.3) is 0 Å². The molecule has 2 amide bonds. The van der Waals surface area contributed by atoms with Crippen LogP contribution in [0.5, 0.6) is 5.75 Å². The molecule has 1 heterocycles. The van der Waals surface area contributed by atoms with Gasteiger partial charge in [-0.3, -0.25) is 9.59 Å². The summed E-state index contributed by atoms with van der Waals surface area (Å²) in [5.74, 6) is 0.400. The lowest BCUT2D eigenvalue weighted by molar-refractivity contribution is -0.126. The first-order valence-electron chi connectivity index (χ1n) is 9.07. The second kappa shape index (κ2) is 8.19. The van der Waals surface area contributed by atoms with Crippen molar-refractivity contribution in [1.82, 2.24) is 5.32 Å². The summed E-state index contributed by atoms with van der Waals surface area (Å²) in [6, 6.07) is 7.39. The van der Waals surface area contributed by atoms with Crippen molar-refractivity contribution in [1.29, 1.82) is 0 Å². The van der Waals surface area contributed by atoms with Gasteiger partial charge in [0.1, 0.15) is 5.75 Å². The smallest absolute Gasteiger partial charge is 0.227 e. The topological polar surface area (TPSA) is 58.6 Å². The lowest BCUT2D eigenvalue weighted by Gasteiger charge is -2.17. The Kier molecular flexibility index (Phi) is 5.74. The van der Waals surface area contributed by atoms with E-state index in [1.54, 1.807) is 12.0 Å². The van der Waals surface area contributed by atoms with Gasteiger partial charge in [-0.1, -0.05) is 17.7 Å². The minimum atomic E-state index is -0.279. The summed E-state index contributed by atoms with van der Waals surface area (Å²) in [6.45, 7) is 1.09. The highest BCUT2D eigenvalue weighted by Gasteiger charge is 2.35. The van der Waals surface area contributed by atoms with Gasteiger partial charge in [-0.2, -0.15) is 0 Å². The largest absolute Gasteiger partial charge is 0.497 e. The maximum absolute atomic E-state index is 12.4. The predicted octanol–water partition coefficient (Wildman–Crippen LogP) is 3.05. The van der Waals surface area contributed by atoms with E-state index in [0.29, 0.717) is 18.8 Å². The molecule has 0 aromatic heterocycles. The van der Waals surface area contributed by atoms with Crippen LogP contribution in [0.4, 0.5) is 5.69 Å². The van der Waals surface area contributed by atoms with Gasteiger partial charge in [-0.15, -0.1) is 0 Å². The third-order valence-electron chi connectivity index (χ3n) is 4.99. The van der Waals surface area contributed by atoms with Crippen LogP contribution in [-0.2, 0) is 9.59 Å². The summed E-state index contributed by atoms with van der Waals surface area (Å²) < 4.78 is 5.21. The lowest BCUT2D eigenvalue weighted by atomic mass is 9.97. The van der Waals surface area contributed by atoms with Crippen LogP contribution < -0.4 is 15.0 Å². The molecule has 5 heteroatoms. The number of carbonyl (C=O) groups excluding carboxylic acids is 2. The molecule has 0 radical (unpaired) electrons. The number of hydrogen-bond acceptors (Lipinski definition) is 3. The van der Waals surface area contributed by atoms with Crippen LogP contribution >= 0.6 is 0 Å². The van der Waals surface area contributed by atoms with Crippen molar-refractivity contribution in [3.8, 4) is 5.75 Å². The number of allylic oxidation sites excluding steroid dienone is 1. The van der Waals surface area contributed by atoms with E-state index in [-0.39, 0.29) is 24.2 Å². The highest BCUT2D eigenvalue weighted by Crippen LogP contribution is 2.28. The second-order valence-electron chi connectivity index (χ2n) is 6.76. The summed E-state index contributed by atoms with van der Waals surface area (Å²) in [7, 11) is 1.60. The molecule has 1 unspecified atom stereocenters. The highest BCUT2D eigenvalue weighted by molar-refractivity contribution is 6.00. The number of benzene rings is 1. The van der Waals surface area contributed by atoms with E-state index in [9.17, 15) is 9.59 Å². The SMILES string of the molecule is COc1cccc(N2CC(C(=O)NCCC3=CCCCC3)CC2=O)c1. The summed E-state index contributed by atoms with van der Waals surface area (Å²) in [4.78, 5) is 26.4. The maximum atomic E-state index is 12.4. The fraction of sp³-hybridized carbons (Fsp3) is 0.500. The van der Waals surface area contributed by atoms with Crippen LogP contribution in [0.3, 0.4) is 0 Å². The van der Waals surface area contributed by atoms with Crippen molar-refractivity contribution in [2.24, 2.45) is 5.92 Å². The first-order valence-corrected chi connectivity index (χ1v) is 9.07. The molecule has 1 fully saturated rings. The standard InChI is InChI=1S/C20H26N2O3/c1-25-18-9-5-8-17(13-18)22-14-16(12-19(22)23)20(24)21-11-10-15-6-3-2-4-7-15/h5-6,8-9,13,16H,2-4,7,10-12,14H2,1H3,(H,21,24). The number of hydrogen-bond donors (Lipinski definition) is 1. The lowest BCUT2D eigenvalue weighted by Crippen LogP contribution is -2.33. The molecule has 0 bridgehead atoms. The number of methoxy groups -OCH3 is 1. The molecule has 1 saturated heterocycles. The van der Waals surface area contributed by atoms with Crippen molar-refractivity contribution in [3.05, 3.63) is 35.9 Å². The number of nitrogens with zero attached hydrogens (tertiary/aromatic N) is 1. The molecule has 134 valence electrons. The molecular weight excluding hydrogens is 316 g/mol. The highest BCUT2D eigenvalue weighted by atomic mass is 16.5. The zero-order valence-corrected chi connectivity index (χ0v) is 14.8. The van der Waals surface area contributed by atoms with Gasteiger partial charge < -0.3 is 15.0 Å². The van der Waals surface area contributed by atoms with Crippen molar-refractivity contribution in [2.45, 2.75) is 38.5 Å². The Balaban J connectivity index is 1.52. The van der Waals surface area contributed by atoms with E-state index in [4.69, 9.17) is 4.74 Å². The summed E-state index contributed by atoms with van der Waals surface area (Å²) in [5, 5.41) is 3.00. The van der Waals surface area contributed by atoms with Crippen molar-refractivity contribution in [2.75, 3.05) is 25.1 Å². The number of rotatable bonds is 6. The van der Waals surface area contributed by atoms with Gasteiger partial charge >= 0.3 is 0 Å². The number of anilines is 1. The number of nitrogens with one attached hydrogen (secondary N) is 1. The molecule has 2 aliphatic rings. The van der Waals surface area contributed by atoms with Crippen LogP contribution in [0.1, 0.15) is 38.5 Å². The van der Waals surface area contributed by atoms with E-state index < -0.39 is 0 Å². The second-order valence-corrected chi connectivity index (χ2v) is 6.76. The third-order valence-corrected chi connectivity index (χ3v) is 4.99. The van der Waals surface area contributed by atoms with E-state index >= 15 is 0 Å². The van der Waals surface area contributed by atoms with E-state index in [1.807, 2.05) is 24.3 Å². The molecular formula is C20H26N2O3. The Morgan fingerprint density at radius 3 is 3.00 bits per heavy atom. The molecule has 1 N–H and O–H groups in total. The maximum Gasteiger partial charge on any atom is 0.227 e. The van der Waals surface area contributed by atoms with Gasteiger partial charge in [0.15, 0.2) is 0 Å². The number of carbonyl (C=O) groups is 2. The molecule has 0 spiro atoms. The van der Waals surface area contributed by atoms with Crippen LogP contribution in [0.15, 0.2) is 35.9 Å². The monoisotopic (exact) mass is 342 g/mol. The Hall–Kier alpha value is -2.30. The van der Waals surface area contributed by atoms with Gasteiger partial charge in [-0.25, -0.2) is 0 Å². The molecule has 3 rings (SSSR count). The average Bonchev–Trinajstić information content (AvgIpc) is 3.04. The van der Waals surface area contributed by atoms with E-state index in [2.05, 4.69) is 11.4 Å². The molecule has 1 aliphatic heterocycles. The minimum Gasteiger partial charge on any atom is -0.497 e. The van der Waals surface area contributed by atoms with E-state index in [0.717, 1.165) is 24.9 Å². The van der Waals surface area contributed by atoms with Crippen LogP contribution in [0.2, 0.25) is 0 Å². The summed E-state index contributed by atoms with van der Waals surface area (Å²) >= 11 is 0. The average molecular weight is 342 g/mol. The Bertz CT molecular complexity index is 669. The predicted molar refractivity (Wildman–Crippen MR) is 97.6 cm³/mol. The van der Waals surface area contributed by atoms with Gasteiger partial charge in [-0.05, 0) is 44.2 Å². The van der Waals surface area contributed by atoms with Crippen LogP contribution in [0, 0.1) is 5.92 Å². The Labute approximate surface area is 149 Å². The first-order chi connectivity index (χ1) is 12.2. The molecule has 1 atom stereocenters. The van der Waals surface area contributed by atoms with Gasteiger partial charge in [0.2, 0.25) is 11.8 Å². The van der Waals surface area contributed by atoms with Crippen molar-refractivity contribution < 1.29 is 14.3 Å². The quantitative estimate of drug-likeness (QED) is 0.809.